The molecule has 2 aromatic carbocycles. The average molecular weight is 447 g/mol. The highest BCUT2D eigenvalue weighted by molar-refractivity contribution is 7.89. The fraction of sp³-hybridized carbons (Fsp3) is 0.381. The van der Waals surface area contributed by atoms with Crippen LogP contribution < -0.4 is 15.8 Å². The van der Waals surface area contributed by atoms with Crippen LogP contribution in [0.3, 0.4) is 0 Å². The number of hydrogen-bond acceptors (Lipinski definition) is 5. The monoisotopic (exact) mass is 446 g/mol. The first-order chi connectivity index (χ1) is 14.7. The molecule has 1 saturated heterocycles. The van der Waals surface area contributed by atoms with Gasteiger partial charge in [-0.15, -0.1) is 0 Å². The minimum atomic E-state index is -3.83. The number of nitrogens with one attached hydrogen (secondary N) is 2. The Morgan fingerprint density at radius 2 is 1.84 bits per heavy atom. The van der Waals surface area contributed by atoms with E-state index in [-0.39, 0.29) is 17.9 Å². The summed E-state index contributed by atoms with van der Waals surface area (Å²) in [5, 5.41) is 4.17. The molecular weight excluding hydrogens is 420 g/mol. The van der Waals surface area contributed by atoms with Gasteiger partial charge in [-0.3, -0.25) is 9.59 Å². The van der Waals surface area contributed by atoms with Crippen molar-refractivity contribution in [2.24, 2.45) is 11.7 Å². The van der Waals surface area contributed by atoms with E-state index >= 15 is 0 Å². The molecule has 0 aromatic heterocycles. The number of ketones is 1. The van der Waals surface area contributed by atoms with Crippen molar-refractivity contribution in [3.63, 3.8) is 0 Å². The fourth-order valence-electron chi connectivity index (χ4n) is 3.94. The lowest BCUT2D eigenvalue weighted by Gasteiger charge is -2.38. The number of piperidine rings is 1. The molecule has 4 N–H and O–H groups in total. The molecule has 0 spiro atoms. The van der Waals surface area contributed by atoms with Gasteiger partial charge in [0, 0.05) is 26.6 Å². The minimum absolute atomic E-state index is 0.0957. The van der Waals surface area contributed by atoms with Gasteiger partial charge in [-0.05, 0) is 35.7 Å². The summed E-state index contributed by atoms with van der Waals surface area (Å²) < 4.78 is 27.7. The van der Waals surface area contributed by atoms with Crippen molar-refractivity contribution < 1.29 is 22.8 Å². The highest BCUT2D eigenvalue weighted by atomic mass is 32.2. The van der Waals surface area contributed by atoms with Gasteiger partial charge < -0.3 is 16.0 Å². The largest absolute Gasteiger partial charge is 0.369 e. The van der Waals surface area contributed by atoms with Crippen LogP contribution in [0.4, 0.5) is 4.79 Å². The third-order valence-corrected chi connectivity index (χ3v) is 6.95. The van der Waals surface area contributed by atoms with Crippen LogP contribution in [0, 0.1) is 5.92 Å². The highest BCUT2D eigenvalue weighted by Crippen LogP contribution is 2.25. The molecule has 3 amide bonds. The minimum Gasteiger partial charge on any atom is -0.369 e. The van der Waals surface area contributed by atoms with E-state index < -0.39 is 39.7 Å². The van der Waals surface area contributed by atoms with Crippen molar-refractivity contribution in [3.05, 3.63) is 42.5 Å². The van der Waals surface area contributed by atoms with E-state index in [0.29, 0.717) is 19.4 Å². The van der Waals surface area contributed by atoms with E-state index in [0.717, 1.165) is 10.8 Å². The van der Waals surface area contributed by atoms with Crippen LogP contribution >= 0.6 is 0 Å². The Morgan fingerprint density at radius 3 is 2.52 bits per heavy atom. The molecule has 166 valence electrons. The molecule has 1 fully saturated rings. The maximum Gasteiger partial charge on any atom is 0.317 e. The third-order valence-electron chi connectivity index (χ3n) is 5.50. The molecule has 10 heteroatoms. The van der Waals surface area contributed by atoms with Crippen molar-refractivity contribution in [2.75, 3.05) is 20.1 Å². The fourth-order valence-corrected chi connectivity index (χ4v) is 5.00. The van der Waals surface area contributed by atoms with Gasteiger partial charge in [-0.25, -0.2) is 17.9 Å². The van der Waals surface area contributed by atoms with Crippen molar-refractivity contribution in [1.82, 2.24) is 14.9 Å². The SMILES string of the molecule is CNC(=O)N1CCCC(C(N)=O)C1C(=O)CCNS(=O)(=O)c1ccc2ccccc2c1. The number of nitrogens with zero attached hydrogens (tertiary/aromatic N) is 1. The third kappa shape index (κ3) is 5.02. The van der Waals surface area contributed by atoms with Crippen LogP contribution in [-0.4, -0.2) is 57.2 Å². The maximum absolute atomic E-state index is 12.9. The number of benzene rings is 2. The van der Waals surface area contributed by atoms with E-state index in [4.69, 9.17) is 5.73 Å². The molecule has 3 rings (SSSR count). The quantitative estimate of drug-likeness (QED) is 0.582. The van der Waals surface area contributed by atoms with E-state index in [1.54, 1.807) is 12.1 Å². The zero-order chi connectivity index (χ0) is 22.6. The lowest BCUT2D eigenvalue weighted by atomic mass is 9.85. The lowest BCUT2D eigenvalue weighted by molar-refractivity contribution is -0.134. The van der Waals surface area contributed by atoms with Gasteiger partial charge in [0.15, 0.2) is 5.78 Å². The number of rotatable bonds is 7. The summed E-state index contributed by atoms with van der Waals surface area (Å²) in [5.41, 5.74) is 5.46. The van der Waals surface area contributed by atoms with E-state index in [9.17, 15) is 22.8 Å². The van der Waals surface area contributed by atoms with Crippen molar-refractivity contribution in [2.45, 2.75) is 30.2 Å². The molecule has 1 heterocycles. The van der Waals surface area contributed by atoms with Gasteiger partial charge in [0.1, 0.15) is 6.04 Å². The molecule has 0 aliphatic carbocycles. The second-order valence-electron chi connectivity index (χ2n) is 7.47. The van der Waals surface area contributed by atoms with Gasteiger partial charge in [0.05, 0.1) is 10.8 Å². The zero-order valence-electron chi connectivity index (χ0n) is 17.2. The number of hydrogen-bond donors (Lipinski definition) is 3. The molecule has 31 heavy (non-hydrogen) atoms. The summed E-state index contributed by atoms with van der Waals surface area (Å²) in [7, 11) is -2.39. The number of urea groups is 1. The molecular formula is C21H26N4O5S. The number of nitrogens with two attached hydrogens (primary N) is 1. The zero-order valence-corrected chi connectivity index (χ0v) is 18.0. The summed E-state index contributed by atoms with van der Waals surface area (Å²) in [6.07, 6.45) is 0.788. The Labute approximate surface area is 181 Å². The highest BCUT2D eigenvalue weighted by Gasteiger charge is 2.41. The number of likely N-dealkylation sites (tertiary alicyclic amines) is 1. The number of amides is 3. The Kier molecular flexibility index (Phi) is 6.91. The summed E-state index contributed by atoms with van der Waals surface area (Å²) in [5.74, 6) is -1.85. The Morgan fingerprint density at radius 1 is 1.13 bits per heavy atom. The summed E-state index contributed by atoms with van der Waals surface area (Å²) in [4.78, 5) is 38.3. The van der Waals surface area contributed by atoms with Crippen molar-refractivity contribution in [1.29, 1.82) is 0 Å². The van der Waals surface area contributed by atoms with Crippen molar-refractivity contribution >= 4 is 38.5 Å². The predicted octanol–water partition coefficient (Wildman–Crippen LogP) is 0.983. The molecule has 2 atom stereocenters. The van der Waals surface area contributed by atoms with Crippen LogP contribution in [-0.2, 0) is 19.6 Å². The first-order valence-corrected chi connectivity index (χ1v) is 11.5. The Hall–Kier alpha value is -2.98. The van der Waals surface area contributed by atoms with Gasteiger partial charge >= 0.3 is 6.03 Å². The normalized spacial score (nSPS) is 19.2. The van der Waals surface area contributed by atoms with E-state index in [2.05, 4.69) is 10.0 Å². The number of sulfonamides is 1. The number of carbonyl (C=O) groups is 3. The van der Waals surface area contributed by atoms with Crippen LogP contribution in [0.15, 0.2) is 47.4 Å². The number of carbonyl (C=O) groups excluding carboxylic acids is 3. The lowest BCUT2D eigenvalue weighted by Crippen LogP contribution is -2.58. The second kappa shape index (κ2) is 9.44. The summed E-state index contributed by atoms with van der Waals surface area (Å²) in [6, 6.07) is 10.7. The topological polar surface area (TPSA) is 139 Å². The molecule has 2 aromatic rings. The van der Waals surface area contributed by atoms with Gasteiger partial charge in [0.25, 0.3) is 0 Å². The van der Waals surface area contributed by atoms with Crippen LogP contribution in [0.2, 0.25) is 0 Å². The standard InChI is InChI=1S/C21H26N4O5S/c1-23-21(28)25-12-4-7-17(20(22)27)19(25)18(26)10-11-24-31(29,30)16-9-8-14-5-2-3-6-15(14)13-16/h2-3,5-6,8-9,13,17,19,24H,4,7,10-12H2,1H3,(H2,22,27)(H,23,28). The van der Waals surface area contributed by atoms with Crippen LogP contribution in [0.25, 0.3) is 10.8 Å². The summed E-state index contributed by atoms with van der Waals surface area (Å²) >= 11 is 0. The molecule has 2 unspecified atom stereocenters. The molecule has 1 aliphatic heterocycles. The number of fused-ring (bicyclic) bond motifs is 1. The predicted molar refractivity (Wildman–Crippen MR) is 116 cm³/mol. The van der Waals surface area contributed by atoms with Crippen molar-refractivity contribution in [3.8, 4) is 0 Å². The number of Topliss-reactive ketones (excluding diaryl/α,β-unsaturated/α-hetero) is 1. The first-order valence-electron chi connectivity index (χ1n) is 10.0. The van der Waals surface area contributed by atoms with E-state index in [1.165, 1.54) is 18.0 Å². The number of primary amides is 1. The molecule has 0 bridgehead atoms. The first kappa shape index (κ1) is 22.7. The maximum atomic E-state index is 12.9. The van der Waals surface area contributed by atoms with Gasteiger partial charge in [0.2, 0.25) is 15.9 Å². The van der Waals surface area contributed by atoms with Gasteiger partial charge in [-0.2, -0.15) is 0 Å². The Bertz CT molecular complexity index is 1100. The molecule has 1 aliphatic rings. The Balaban J connectivity index is 1.70. The molecule has 0 radical (unpaired) electrons. The van der Waals surface area contributed by atoms with Crippen LogP contribution in [0.5, 0.6) is 0 Å². The van der Waals surface area contributed by atoms with Crippen LogP contribution in [0.1, 0.15) is 19.3 Å². The molecule has 9 nitrogen and oxygen atoms in total. The van der Waals surface area contributed by atoms with E-state index in [1.807, 2.05) is 24.3 Å². The molecule has 0 saturated carbocycles. The average Bonchev–Trinajstić information content (AvgIpc) is 2.77. The van der Waals surface area contributed by atoms with Gasteiger partial charge in [-0.1, -0.05) is 30.3 Å². The smallest absolute Gasteiger partial charge is 0.317 e. The summed E-state index contributed by atoms with van der Waals surface area (Å²) in [6.45, 7) is 0.167. The second-order valence-corrected chi connectivity index (χ2v) is 9.23.